The Bertz CT molecular complexity index is 643. The molecule has 0 bridgehead atoms. The van der Waals surface area contributed by atoms with Gasteiger partial charge in [0.2, 0.25) is 0 Å². The van der Waals surface area contributed by atoms with Crippen LogP contribution in [0.2, 0.25) is 13.7 Å². The molecule has 0 saturated heterocycles. The first-order valence-electron chi connectivity index (χ1n) is 6.58. The summed E-state index contributed by atoms with van der Waals surface area (Å²) in [5.41, 5.74) is 1.41. The molecule has 0 radical (unpaired) electrons. The summed E-state index contributed by atoms with van der Waals surface area (Å²) < 4.78 is 0.829. The fourth-order valence-electron chi connectivity index (χ4n) is 1.98. The highest BCUT2D eigenvalue weighted by Gasteiger charge is 2.16. The Morgan fingerprint density at radius 2 is 1.91 bits per heavy atom. The third-order valence-electron chi connectivity index (χ3n) is 3.15. The number of hydrogen-bond donors (Lipinski definition) is 2. The van der Waals surface area contributed by atoms with Crippen LogP contribution in [0, 0.1) is 5.92 Å². The van der Waals surface area contributed by atoms with Gasteiger partial charge in [0.1, 0.15) is 4.34 Å². The fourth-order valence-corrected chi connectivity index (χ4v) is 3.57. The van der Waals surface area contributed by atoms with E-state index in [1.54, 1.807) is 12.1 Å². The first-order valence-corrected chi connectivity index (χ1v) is 8.53. The number of thiophene rings is 1. The van der Waals surface area contributed by atoms with Crippen molar-refractivity contribution in [2.45, 2.75) is 6.42 Å². The van der Waals surface area contributed by atoms with E-state index in [2.05, 4.69) is 5.32 Å². The number of carbonyl (C=O) groups is 1. The van der Waals surface area contributed by atoms with Gasteiger partial charge in [-0.25, -0.2) is 0 Å². The quantitative estimate of drug-likeness (QED) is 0.788. The average Bonchev–Trinajstić information content (AvgIpc) is 2.84. The molecule has 22 heavy (non-hydrogen) atoms. The highest BCUT2D eigenvalue weighted by molar-refractivity contribution is 7.20. The van der Waals surface area contributed by atoms with Gasteiger partial charge in [0, 0.05) is 24.1 Å². The zero-order valence-corrected chi connectivity index (χ0v) is 14.6. The topological polar surface area (TPSA) is 49.3 Å². The Morgan fingerprint density at radius 1 is 1.23 bits per heavy atom. The highest BCUT2D eigenvalue weighted by Crippen LogP contribution is 2.31. The number of nitrogens with one attached hydrogen (secondary N) is 1. The van der Waals surface area contributed by atoms with Crippen LogP contribution in [-0.2, 0) is 6.42 Å². The highest BCUT2D eigenvalue weighted by atomic mass is 35.5. The number of aliphatic hydroxyl groups is 1. The number of aliphatic hydroxyl groups excluding tert-OH is 1. The van der Waals surface area contributed by atoms with Gasteiger partial charge in [-0.3, -0.25) is 4.79 Å². The lowest BCUT2D eigenvalue weighted by Crippen LogP contribution is -2.31. The molecular weight excluding hydrogens is 365 g/mol. The zero-order valence-electron chi connectivity index (χ0n) is 11.5. The second-order valence-corrected chi connectivity index (χ2v) is 7.55. The van der Waals surface area contributed by atoms with Gasteiger partial charge in [-0.2, -0.15) is 0 Å². The van der Waals surface area contributed by atoms with Crippen LogP contribution in [0.4, 0.5) is 0 Å². The average molecular weight is 379 g/mol. The minimum atomic E-state index is -0.289. The minimum Gasteiger partial charge on any atom is -0.396 e. The van der Waals surface area contributed by atoms with Crippen LogP contribution in [0.5, 0.6) is 0 Å². The van der Waals surface area contributed by atoms with Crippen molar-refractivity contribution in [3.05, 3.63) is 55.2 Å². The molecule has 1 amide bonds. The lowest BCUT2D eigenvalue weighted by atomic mass is 10.00. The molecule has 1 heterocycles. The van der Waals surface area contributed by atoms with E-state index in [1.165, 1.54) is 6.07 Å². The van der Waals surface area contributed by atoms with E-state index in [9.17, 15) is 9.90 Å². The second-order valence-electron chi connectivity index (χ2n) is 4.83. The molecule has 2 N–H and O–H groups in total. The molecule has 0 aliphatic heterocycles. The summed E-state index contributed by atoms with van der Waals surface area (Å²) in [6, 6.07) is 8.95. The Labute approximate surface area is 147 Å². The van der Waals surface area contributed by atoms with E-state index in [0.29, 0.717) is 32.2 Å². The van der Waals surface area contributed by atoms with Crippen molar-refractivity contribution in [2.24, 2.45) is 5.92 Å². The van der Waals surface area contributed by atoms with E-state index in [4.69, 9.17) is 34.8 Å². The maximum Gasteiger partial charge on any atom is 0.253 e. The predicted octanol–water partition coefficient (Wildman–Crippen LogP) is 4.29. The molecule has 0 aliphatic carbocycles. The van der Waals surface area contributed by atoms with Crippen molar-refractivity contribution < 1.29 is 9.90 Å². The number of halogens is 3. The normalized spacial score (nSPS) is 12.2. The second kappa shape index (κ2) is 8.18. The van der Waals surface area contributed by atoms with Crippen LogP contribution in [0.3, 0.4) is 0 Å². The molecule has 3 nitrogen and oxygen atoms in total. The van der Waals surface area contributed by atoms with Gasteiger partial charge in [0.15, 0.2) is 0 Å². The third kappa shape index (κ3) is 4.86. The zero-order chi connectivity index (χ0) is 16.1. The summed E-state index contributed by atoms with van der Waals surface area (Å²) in [5, 5.41) is 12.9. The monoisotopic (exact) mass is 377 g/mol. The van der Waals surface area contributed by atoms with Crippen molar-refractivity contribution in [2.75, 3.05) is 13.2 Å². The first kappa shape index (κ1) is 17.6. The number of rotatable bonds is 6. The molecule has 2 rings (SSSR count). The molecule has 0 fully saturated rings. The van der Waals surface area contributed by atoms with E-state index in [0.717, 1.165) is 16.9 Å². The smallest absolute Gasteiger partial charge is 0.253 e. The number of hydrogen-bond acceptors (Lipinski definition) is 3. The molecule has 0 aliphatic rings. The molecule has 2 aromatic rings. The molecule has 1 aromatic heterocycles. The standard InChI is InChI=1S/C15H14Cl3NO2S/c16-11-3-1-9(2-4-11)5-10(8-20)7-19-15(21)12-6-13(17)22-14(12)18/h1-4,6,10,20H,5,7-8H2,(H,19,21)/t10-/m0/s1. The van der Waals surface area contributed by atoms with Gasteiger partial charge in [0.25, 0.3) is 5.91 Å². The number of benzene rings is 1. The first-order chi connectivity index (χ1) is 10.5. The van der Waals surface area contributed by atoms with Gasteiger partial charge < -0.3 is 10.4 Å². The minimum absolute atomic E-state index is 0.0268. The van der Waals surface area contributed by atoms with Gasteiger partial charge in [-0.15, -0.1) is 11.3 Å². The summed E-state index contributed by atoms with van der Waals surface area (Å²) in [6.45, 7) is 0.322. The van der Waals surface area contributed by atoms with E-state index in [1.807, 2.05) is 12.1 Å². The molecular formula is C15H14Cl3NO2S. The summed E-state index contributed by atoms with van der Waals surface area (Å²) in [4.78, 5) is 12.0. The lowest BCUT2D eigenvalue weighted by Gasteiger charge is -2.15. The molecule has 1 atom stereocenters. The van der Waals surface area contributed by atoms with Crippen molar-refractivity contribution in [1.29, 1.82) is 0 Å². The molecule has 1 aromatic carbocycles. The van der Waals surface area contributed by atoms with E-state index in [-0.39, 0.29) is 18.4 Å². The van der Waals surface area contributed by atoms with Gasteiger partial charge >= 0.3 is 0 Å². The maximum atomic E-state index is 12.0. The van der Waals surface area contributed by atoms with Crippen LogP contribution < -0.4 is 5.32 Å². The van der Waals surface area contributed by atoms with E-state index >= 15 is 0 Å². The lowest BCUT2D eigenvalue weighted by molar-refractivity contribution is 0.0940. The third-order valence-corrected chi connectivity index (χ3v) is 4.89. The van der Waals surface area contributed by atoms with Crippen molar-refractivity contribution in [3.8, 4) is 0 Å². The van der Waals surface area contributed by atoms with Gasteiger partial charge in [-0.1, -0.05) is 46.9 Å². The van der Waals surface area contributed by atoms with Crippen molar-refractivity contribution >= 4 is 52.0 Å². The fraction of sp³-hybridized carbons (Fsp3) is 0.267. The predicted molar refractivity (Wildman–Crippen MR) is 92.4 cm³/mol. The van der Waals surface area contributed by atoms with Gasteiger partial charge in [-0.05, 0) is 30.2 Å². The largest absolute Gasteiger partial charge is 0.396 e. The molecule has 0 saturated carbocycles. The number of carbonyl (C=O) groups excluding carboxylic acids is 1. The van der Waals surface area contributed by atoms with E-state index < -0.39 is 0 Å². The maximum absolute atomic E-state index is 12.0. The summed E-state index contributed by atoms with van der Waals surface area (Å²) in [7, 11) is 0. The van der Waals surface area contributed by atoms with Crippen molar-refractivity contribution in [1.82, 2.24) is 5.32 Å². The Hall–Kier alpha value is -0.780. The summed E-state index contributed by atoms with van der Waals surface area (Å²) in [5.74, 6) is -0.374. The Balaban J connectivity index is 1.92. The van der Waals surface area contributed by atoms with Crippen LogP contribution in [0.25, 0.3) is 0 Å². The molecule has 7 heteroatoms. The molecule has 0 unspecified atom stereocenters. The SMILES string of the molecule is O=C(NC[C@@H](CO)Cc1ccc(Cl)cc1)c1cc(Cl)sc1Cl. The van der Waals surface area contributed by atoms with Crippen molar-refractivity contribution in [3.63, 3.8) is 0 Å². The van der Waals surface area contributed by atoms with Crippen LogP contribution in [0.1, 0.15) is 15.9 Å². The molecule has 118 valence electrons. The summed E-state index contributed by atoms with van der Waals surface area (Å²) >= 11 is 18.8. The van der Waals surface area contributed by atoms with Crippen LogP contribution in [0.15, 0.2) is 30.3 Å². The summed E-state index contributed by atoms with van der Waals surface area (Å²) in [6.07, 6.45) is 0.645. The van der Waals surface area contributed by atoms with Gasteiger partial charge in [0.05, 0.1) is 9.90 Å². The van der Waals surface area contributed by atoms with Crippen LogP contribution >= 0.6 is 46.1 Å². The number of amides is 1. The Kier molecular flexibility index (Phi) is 6.53. The molecule has 0 spiro atoms. The Morgan fingerprint density at radius 3 is 2.45 bits per heavy atom. The van der Waals surface area contributed by atoms with Crippen LogP contribution in [-0.4, -0.2) is 24.2 Å².